The number of nitrogen functional groups attached to an aromatic ring is 1. The highest BCUT2D eigenvalue weighted by Crippen LogP contribution is 2.19. The first-order valence-corrected chi connectivity index (χ1v) is 6.60. The molecule has 0 saturated carbocycles. The second-order valence-electron chi connectivity index (χ2n) is 5.13. The first kappa shape index (κ1) is 12.5. The summed E-state index contributed by atoms with van der Waals surface area (Å²) in [6, 6.07) is 14.3. The van der Waals surface area contributed by atoms with Gasteiger partial charge in [-0.05, 0) is 42.0 Å². The van der Waals surface area contributed by atoms with Gasteiger partial charge >= 0.3 is 0 Å². The van der Waals surface area contributed by atoms with Crippen molar-refractivity contribution in [2.75, 3.05) is 17.7 Å². The topological polar surface area (TPSA) is 47.1 Å². The van der Waals surface area contributed by atoms with Crippen LogP contribution in [0.2, 0.25) is 0 Å². The SMILES string of the molecule is CN(Cc1ccc2c(c1)ncn2C)c1ccc(N)cc1. The van der Waals surface area contributed by atoms with Gasteiger partial charge in [0, 0.05) is 32.0 Å². The summed E-state index contributed by atoms with van der Waals surface area (Å²) in [5.74, 6) is 0. The zero-order valence-electron chi connectivity index (χ0n) is 11.7. The largest absolute Gasteiger partial charge is 0.399 e. The van der Waals surface area contributed by atoms with Crippen LogP contribution >= 0.6 is 0 Å². The van der Waals surface area contributed by atoms with E-state index in [1.165, 1.54) is 5.56 Å². The van der Waals surface area contributed by atoms with E-state index in [-0.39, 0.29) is 0 Å². The van der Waals surface area contributed by atoms with Crippen molar-refractivity contribution in [2.45, 2.75) is 6.54 Å². The van der Waals surface area contributed by atoms with Crippen LogP contribution in [0.3, 0.4) is 0 Å². The van der Waals surface area contributed by atoms with Crippen LogP contribution in [0.15, 0.2) is 48.8 Å². The predicted molar refractivity (Wildman–Crippen MR) is 83.7 cm³/mol. The van der Waals surface area contributed by atoms with Crippen molar-refractivity contribution in [3.8, 4) is 0 Å². The highest BCUT2D eigenvalue weighted by Gasteiger charge is 2.05. The lowest BCUT2D eigenvalue weighted by Crippen LogP contribution is -2.16. The second-order valence-corrected chi connectivity index (χ2v) is 5.13. The first-order valence-electron chi connectivity index (χ1n) is 6.60. The monoisotopic (exact) mass is 266 g/mol. The van der Waals surface area contributed by atoms with Crippen molar-refractivity contribution in [1.82, 2.24) is 9.55 Å². The van der Waals surface area contributed by atoms with Gasteiger partial charge in [-0.1, -0.05) is 6.07 Å². The molecule has 1 heterocycles. The number of nitrogens with two attached hydrogens (primary N) is 1. The van der Waals surface area contributed by atoms with Crippen molar-refractivity contribution in [3.05, 3.63) is 54.4 Å². The van der Waals surface area contributed by atoms with Gasteiger partial charge in [-0.25, -0.2) is 4.98 Å². The second kappa shape index (κ2) is 4.89. The number of hydrogen-bond acceptors (Lipinski definition) is 3. The molecule has 0 spiro atoms. The van der Waals surface area contributed by atoms with E-state index in [1.54, 1.807) is 0 Å². The molecule has 3 rings (SSSR count). The van der Waals surface area contributed by atoms with Gasteiger partial charge in [0.1, 0.15) is 0 Å². The Balaban J connectivity index is 1.83. The summed E-state index contributed by atoms with van der Waals surface area (Å²) >= 11 is 0. The van der Waals surface area contributed by atoms with Crippen molar-refractivity contribution in [3.63, 3.8) is 0 Å². The molecule has 2 aromatic carbocycles. The molecule has 0 fully saturated rings. The van der Waals surface area contributed by atoms with Gasteiger partial charge in [-0.15, -0.1) is 0 Å². The number of fused-ring (bicyclic) bond motifs is 1. The van der Waals surface area contributed by atoms with E-state index in [0.717, 1.165) is 29.0 Å². The molecule has 0 aliphatic carbocycles. The molecule has 1 aromatic heterocycles. The van der Waals surface area contributed by atoms with Crippen molar-refractivity contribution in [1.29, 1.82) is 0 Å². The van der Waals surface area contributed by atoms with E-state index >= 15 is 0 Å². The Morgan fingerprint density at radius 2 is 1.90 bits per heavy atom. The maximum absolute atomic E-state index is 5.71. The minimum absolute atomic E-state index is 0.789. The molecule has 0 aliphatic heterocycles. The summed E-state index contributed by atoms with van der Waals surface area (Å²) in [5, 5.41) is 0. The molecule has 0 aliphatic rings. The number of rotatable bonds is 3. The average molecular weight is 266 g/mol. The Hall–Kier alpha value is -2.49. The molecule has 4 heteroatoms. The maximum atomic E-state index is 5.71. The summed E-state index contributed by atoms with van der Waals surface area (Å²) < 4.78 is 2.03. The smallest absolute Gasteiger partial charge is 0.0955 e. The van der Waals surface area contributed by atoms with Crippen LogP contribution in [-0.2, 0) is 13.6 Å². The van der Waals surface area contributed by atoms with Crippen LogP contribution in [-0.4, -0.2) is 16.6 Å². The average Bonchev–Trinajstić information content (AvgIpc) is 2.81. The first-order chi connectivity index (χ1) is 9.63. The maximum Gasteiger partial charge on any atom is 0.0955 e. The van der Waals surface area contributed by atoms with Gasteiger partial charge in [-0.3, -0.25) is 0 Å². The highest BCUT2D eigenvalue weighted by atomic mass is 15.1. The number of nitrogens with zero attached hydrogens (tertiary/aromatic N) is 3. The number of benzene rings is 2. The van der Waals surface area contributed by atoms with E-state index in [0.29, 0.717) is 0 Å². The lowest BCUT2D eigenvalue weighted by Gasteiger charge is -2.19. The van der Waals surface area contributed by atoms with Gasteiger partial charge in [0.2, 0.25) is 0 Å². The van der Waals surface area contributed by atoms with Crippen LogP contribution < -0.4 is 10.6 Å². The molecule has 4 nitrogen and oxygen atoms in total. The molecule has 3 aromatic rings. The molecule has 0 atom stereocenters. The number of aromatic nitrogens is 2. The van der Waals surface area contributed by atoms with E-state index in [1.807, 2.05) is 42.2 Å². The molecule has 0 radical (unpaired) electrons. The number of imidazole rings is 1. The van der Waals surface area contributed by atoms with Crippen LogP contribution in [0.1, 0.15) is 5.56 Å². The standard InChI is InChI=1S/C16H18N4/c1-19(14-6-4-13(17)5-7-14)10-12-3-8-16-15(9-12)18-11-20(16)2/h3-9,11H,10,17H2,1-2H3. The molecule has 0 amide bonds. The fourth-order valence-electron chi connectivity index (χ4n) is 2.37. The van der Waals surface area contributed by atoms with Gasteiger partial charge in [0.15, 0.2) is 0 Å². The van der Waals surface area contributed by atoms with Crippen molar-refractivity contribution < 1.29 is 0 Å². The lowest BCUT2D eigenvalue weighted by atomic mass is 10.1. The third kappa shape index (κ3) is 2.32. The Bertz CT molecular complexity index is 728. The van der Waals surface area contributed by atoms with E-state index in [9.17, 15) is 0 Å². The Morgan fingerprint density at radius 3 is 2.65 bits per heavy atom. The summed E-state index contributed by atoms with van der Waals surface area (Å²) in [6.07, 6.45) is 1.85. The zero-order valence-corrected chi connectivity index (χ0v) is 11.7. The molecule has 102 valence electrons. The summed E-state index contributed by atoms with van der Waals surface area (Å²) in [6.45, 7) is 0.844. The molecule has 0 saturated heterocycles. The normalized spacial score (nSPS) is 10.9. The fraction of sp³-hybridized carbons (Fsp3) is 0.188. The number of aryl methyl sites for hydroxylation is 1. The van der Waals surface area contributed by atoms with Crippen LogP contribution in [0.4, 0.5) is 11.4 Å². The third-order valence-corrected chi connectivity index (χ3v) is 3.54. The van der Waals surface area contributed by atoms with Crippen LogP contribution in [0.25, 0.3) is 11.0 Å². The van der Waals surface area contributed by atoms with Crippen LogP contribution in [0, 0.1) is 0 Å². The Labute approximate surface area is 118 Å². The number of anilines is 2. The summed E-state index contributed by atoms with van der Waals surface area (Å²) in [4.78, 5) is 6.60. The number of hydrogen-bond donors (Lipinski definition) is 1. The van der Waals surface area contributed by atoms with E-state index in [2.05, 4.69) is 35.1 Å². The lowest BCUT2D eigenvalue weighted by molar-refractivity contribution is 0.923. The highest BCUT2D eigenvalue weighted by molar-refractivity contribution is 5.76. The molecular formula is C16H18N4. The zero-order chi connectivity index (χ0) is 14.1. The molecule has 20 heavy (non-hydrogen) atoms. The van der Waals surface area contributed by atoms with Crippen LogP contribution in [0.5, 0.6) is 0 Å². The summed E-state index contributed by atoms with van der Waals surface area (Å²) in [5.41, 5.74) is 11.1. The van der Waals surface area contributed by atoms with Gasteiger partial charge in [-0.2, -0.15) is 0 Å². The predicted octanol–water partition coefficient (Wildman–Crippen LogP) is 2.79. The minimum atomic E-state index is 0.789. The van der Waals surface area contributed by atoms with Gasteiger partial charge in [0.25, 0.3) is 0 Å². The van der Waals surface area contributed by atoms with Crippen molar-refractivity contribution in [2.24, 2.45) is 7.05 Å². The Kier molecular flexibility index (Phi) is 3.06. The van der Waals surface area contributed by atoms with E-state index < -0.39 is 0 Å². The Morgan fingerprint density at radius 1 is 1.15 bits per heavy atom. The molecular weight excluding hydrogens is 248 g/mol. The van der Waals surface area contributed by atoms with Gasteiger partial charge in [0.05, 0.1) is 17.4 Å². The third-order valence-electron chi connectivity index (χ3n) is 3.54. The molecule has 0 unspecified atom stereocenters. The van der Waals surface area contributed by atoms with Gasteiger partial charge < -0.3 is 15.2 Å². The minimum Gasteiger partial charge on any atom is -0.399 e. The quantitative estimate of drug-likeness (QED) is 0.741. The summed E-state index contributed by atoms with van der Waals surface area (Å²) in [7, 11) is 4.09. The molecule has 2 N–H and O–H groups in total. The van der Waals surface area contributed by atoms with E-state index in [4.69, 9.17) is 5.73 Å². The fourth-order valence-corrected chi connectivity index (χ4v) is 2.37. The molecule has 0 bridgehead atoms. The van der Waals surface area contributed by atoms with Crippen molar-refractivity contribution >= 4 is 22.4 Å².